The summed E-state index contributed by atoms with van der Waals surface area (Å²) in [6.45, 7) is 0. The van der Waals surface area contributed by atoms with Crippen molar-refractivity contribution >= 4 is 17.4 Å². The molecule has 18 heavy (non-hydrogen) atoms. The fourth-order valence-electron chi connectivity index (χ4n) is 2.22. The molecular formula is C12H9ClN4O. The van der Waals surface area contributed by atoms with Crippen LogP contribution in [-0.4, -0.2) is 10.7 Å². The van der Waals surface area contributed by atoms with E-state index in [4.69, 9.17) is 22.1 Å². The predicted molar refractivity (Wildman–Crippen MR) is 60.4 cm³/mol. The standard InChI is InChI=1S/C12H9ClN4O/c13-12(7-16,8-17)11(5-14,6-15)9-3-1-2-4-10(9)18/h9H,1-4H2. The number of alkyl halides is 1. The fraction of sp³-hybridized carbons (Fsp3) is 0.583. The first-order valence-electron chi connectivity index (χ1n) is 5.38. The lowest BCUT2D eigenvalue weighted by molar-refractivity contribution is -0.127. The minimum Gasteiger partial charge on any atom is -0.299 e. The molecule has 0 aromatic carbocycles. The third-order valence-electron chi connectivity index (χ3n) is 3.28. The maximum Gasteiger partial charge on any atom is 0.248 e. The Labute approximate surface area is 110 Å². The number of hydrogen-bond donors (Lipinski definition) is 0. The molecule has 0 radical (unpaired) electrons. The van der Waals surface area contributed by atoms with Crippen LogP contribution in [0.25, 0.3) is 0 Å². The molecule has 1 fully saturated rings. The van der Waals surface area contributed by atoms with E-state index in [0.717, 1.165) is 0 Å². The van der Waals surface area contributed by atoms with Crippen molar-refractivity contribution in [2.24, 2.45) is 11.3 Å². The second-order valence-corrected chi connectivity index (χ2v) is 4.75. The van der Waals surface area contributed by atoms with Crippen molar-refractivity contribution in [3.63, 3.8) is 0 Å². The Morgan fingerprint density at radius 2 is 1.61 bits per heavy atom. The van der Waals surface area contributed by atoms with E-state index in [1.165, 1.54) is 12.1 Å². The first-order chi connectivity index (χ1) is 8.51. The fourth-order valence-corrected chi connectivity index (χ4v) is 2.43. The first kappa shape index (κ1) is 14.0. The molecule has 6 heteroatoms. The van der Waals surface area contributed by atoms with E-state index in [9.17, 15) is 15.3 Å². The van der Waals surface area contributed by atoms with Gasteiger partial charge in [0.25, 0.3) is 0 Å². The van der Waals surface area contributed by atoms with Crippen LogP contribution in [0.15, 0.2) is 0 Å². The van der Waals surface area contributed by atoms with Gasteiger partial charge in [-0.3, -0.25) is 4.79 Å². The van der Waals surface area contributed by atoms with E-state index in [2.05, 4.69) is 0 Å². The van der Waals surface area contributed by atoms with Gasteiger partial charge in [0, 0.05) is 6.42 Å². The van der Waals surface area contributed by atoms with Crippen LogP contribution in [-0.2, 0) is 4.79 Å². The van der Waals surface area contributed by atoms with Crippen molar-refractivity contribution in [2.45, 2.75) is 30.6 Å². The lowest BCUT2D eigenvalue weighted by Crippen LogP contribution is -2.49. The molecule has 1 aliphatic rings. The number of carbonyl (C=O) groups is 1. The van der Waals surface area contributed by atoms with Crippen molar-refractivity contribution in [1.29, 1.82) is 21.0 Å². The van der Waals surface area contributed by atoms with Gasteiger partial charge in [-0.05, 0) is 12.8 Å². The molecule has 1 unspecified atom stereocenters. The van der Waals surface area contributed by atoms with Crippen molar-refractivity contribution in [1.82, 2.24) is 0 Å². The highest BCUT2D eigenvalue weighted by Crippen LogP contribution is 2.46. The molecule has 90 valence electrons. The lowest BCUT2D eigenvalue weighted by Gasteiger charge is -2.34. The second-order valence-electron chi connectivity index (χ2n) is 4.18. The molecule has 0 N–H and O–H groups in total. The molecule has 0 aromatic rings. The summed E-state index contributed by atoms with van der Waals surface area (Å²) in [7, 11) is 0. The number of rotatable bonds is 2. The number of nitriles is 4. The zero-order chi connectivity index (χ0) is 13.8. The first-order valence-corrected chi connectivity index (χ1v) is 5.75. The number of carbonyl (C=O) groups excluding carboxylic acids is 1. The molecular weight excluding hydrogens is 252 g/mol. The van der Waals surface area contributed by atoms with Gasteiger partial charge < -0.3 is 0 Å². The smallest absolute Gasteiger partial charge is 0.248 e. The minimum atomic E-state index is -2.33. The van der Waals surface area contributed by atoms with Crippen molar-refractivity contribution in [3.8, 4) is 24.3 Å². The normalized spacial score (nSPS) is 20.1. The van der Waals surface area contributed by atoms with Gasteiger partial charge in [-0.2, -0.15) is 21.0 Å². The average Bonchev–Trinajstić information content (AvgIpc) is 2.42. The van der Waals surface area contributed by atoms with Crippen LogP contribution in [0.1, 0.15) is 25.7 Å². The minimum absolute atomic E-state index is 0.250. The molecule has 0 heterocycles. The Hall–Kier alpha value is -2.08. The largest absolute Gasteiger partial charge is 0.299 e. The molecule has 1 atom stereocenters. The molecule has 0 amide bonds. The van der Waals surface area contributed by atoms with Gasteiger partial charge in [0.15, 0.2) is 5.41 Å². The third kappa shape index (κ3) is 1.80. The van der Waals surface area contributed by atoms with E-state index in [0.29, 0.717) is 19.3 Å². The topological polar surface area (TPSA) is 112 Å². The summed E-state index contributed by atoms with van der Waals surface area (Å²) in [5.41, 5.74) is -2.12. The van der Waals surface area contributed by atoms with Gasteiger partial charge in [-0.15, -0.1) is 0 Å². The Balaban J connectivity index is 3.40. The number of Topliss-reactive ketones (excluding diaryl/α,β-unsaturated/α-hetero) is 1. The monoisotopic (exact) mass is 260 g/mol. The molecule has 1 rings (SSSR count). The summed E-state index contributed by atoms with van der Waals surface area (Å²) < 4.78 is 0. The summed E-state index contributed by atoms with van der Waals surface area (Å²) in [4.78, 5) is 9.53. The highest BCUT2D eigenvalue weighted by atomic mass is 35.5. The summed E-state index contributed by atoms with van der Waals surface area (Å²) in [5, 5.41) is 36.4. The third-order valence-corrected chi connectivity index (χ3v) is 3.75. The highest BCUT2D eigenvalue weighted by Gasteiger charge is 2.60. The SMILES string of the molecule is N#CC(Cl)(C#N)C(C#N)(C#N)C1CCCCC1=O. The van der Waals surface area contributed by atoms with Crippen molar-refractivity contribution in [3.05, 3.63) is 0 Å². The van der Waals surface area contributed by atoms with Gasteiger partial charge in [0.2, 0.25) is 4.87 Å². The van der Waals surface area contributed by atoms with E-state index >= 15 is 0 Å². The van der Waals surface area contributed by atoms with Gasteiger partial charge in [0.05, 0.1) is 18.1 Å². The van der Waals surface area contributed by atoms with Crippen LogP contribution in [0.4, 0.5) is 0 Å². The Morgan fingerprint density at radius 1 is 1.06 bits per heavy atom. The molecule has 1 aliphatic carbocycles. The highest BCUT2D eigenvalue weighted by molar-refractivity contribution is 6.29. The van der Waals surface area contributed by atoms with Crippen LogP contribution in [0.5, 0.6) is 0 Å². The van der Waals surface area contributed by atoms with Crippen molar-refractivity contribution < 1.29 is 4.79 Å². The van der Waals surface area contributed by atoms with E-state index in [1.807, 2.05) is 0 Å². The van der Waals surface area contributed by atoms with Gasteiger partial charge >= 0.3 is 0 Å². The quantitative estimate of drug-likeness (QED) is 0.703. The van der Waals surface area contributed by atoms with Crippen LogP contribution in [0.3, 0.4) is 0 Å². The second kappa shape index (κ2) is 5.05. The Bertz CT molecular complexity index is 500. The van der Waals surface area contributed by atoms with Crippen LogP contribution in [0.2, 0.25) is 0 Å². The van der Waals surface area contributed by atoms with Crippen LogP contribution in [0, 0.1) is 56.7 Å². The predicted octanol–water partition coefficient (Wildman–Crippen LogP) is 1.80. The number of ketones is 1. The zero-order valence-corrected chi connectivity index (χ0v) is 10.2. The van der Waals surface area contributed by atoms with E-state index in [-0.39, 0.29) is 12.2 Å². The molecule has 1 saturated carbocycles. The van der Waals surface area contributed by atoms with Crippen LogP contribution < -0.4 is 0 Å². The average molecular weight is 261 g/mol. The maximum absolute atomic E-state index is 11.9. The Kier molecular flexibility index (Phi) is 3.93. The summed E-state index contributed by atoms with van der Waals surface area (Å²) in [5.74, 6) is -1.25. The summed E-state index contributed by atoms with van der Waals surface area (Å²) in [6.07, 6.45) is 1.92. The van der Waals surface area contributed by atoms with Crippen molar-refractivity contribution in [2.75, 3.05) is 0 Å². The molecule has 0 aliphatic heterocycles. The summed E-state index contributed by atoms with van der Waals surface area (Å²) in [6, 6.07) is 6.29. The zero-order valence-electron chi connectivity index (χ0n) is 9.48. The van der Waals surface area contributed by atoms with E-state index < -0.39 is 16.2 Å². The number of hydrogen-bond acceptors (Lipinski definition) is 5. The van der Waals surface area contributed by atoms with Crippen LogP contribution >= 0.6 is 11.6 Å². The summed E-state index contributed by atoms with van der Waals surface area (Å²) >= 11 is 5.81. The molecule has 0 spiro atoms. The molecule has 0 bridgehead atoms. The van der Waals surface area contributed by atoms with Gasteiger partial charge in [-0.1, -0.05) is 18.0 Å². The van der Waals surface area contributed by atoms with Gasteiger partial charge in [0.1, 0.15) is 17.9 Å². The maximum atomic E-state index is 11.9. The molecule has 0 aromatic heterocycles. The lowest BCUT2D eigenvalue weighted by atomic mass is 9.63. The molecule has 0 saturated heterocycles. The number of nitrogens with zero attached hydrogens (tertiary/aromatic N) is 4. The molecule has 5 nitrogen and oxygen atoms in total. The van der Waals surface area contributed by atoms with E-state index in [1.54, 1.807) is 12.1 Å². The number of halogens is 1. The Morgan fingerprint density at radius 3 is 2.00 bits per heavy atom. The van der Waals surface area contributed by atoms with Gasteiger partial charge in [-0.25, -0.2) is 0 Å².